The number of guanidine groups is 1. The number of benzene rings is 1. The van der Waals surface area contributed by atoms with Crippen LogP contribution >= 0.6 is 0 Å². The molecule has 1 N–H and O–H groups in total. The van der Waals surface area contributed by atoms with Gasteiger partial charge in [0.2, 0.25) is 0 Å². The van der Waals surface area contributed by atoms with E-state index in [1.807, 2.05) is 19.2 Å². The molecule has 0 saturated carbocycles. The second-order valence-corrected chi connectivity index (χ2v) is 6.88. The maximum absolute atomic E-state index is 13.1. The molecule has 140 valence electrons. The molecule has 2 rings (SSSR count). The number of aliphatic imine (C=N–C) groups is 1. The minimum Gasteiger partial charge on any atom is -0.381 e. The van der Waals surface area contributed by atoms with E-state index in [4.69, 9.17) is 9.73 Å². The molecule has 1 aliphatic heterocycles. The van der Waals surface area contributed by atoms with Crippen molar-refractivity contribution in [3.05, 3.63) is 35.6 Å². The van der Waals surface area contributed by atoms with E-state index < -0.39 is 0 Å². The number of halogens is 1. The van der Waals surface area contributed by atoms with Crippen molar-refractivity contribution in [3.8, 4) is 0 Å². The van der Waals surface area contributed by atoms with E-state index in [2.05, 4.69) is 36.1 Å². The second-order valence-electron chi connectivity index (χ2n) is 6.88. The van der Waals surface area contributed by atoms with E-state index >= 15 is 0 Å². The summed E-state index contributed by atoms with van der Waals surface area (Å²) in [6.45, 7) is 5.87. The van der Waals surface area contributed by atoms with Crippen LogP contribution in [0.15, 0.2) is 29.3 Å². The molecule has 0 spiro atoms. The molecule has 5 nitrogen and oxygen atoms in total. The number of nitrogens with one attached hydrogen (secondary N) is 1. The first-order valence-electron chi connectivity index (χ1n) is 8.96. The molecular formula is C19H31FN4O. The quantitative estimate of drug-likeness (QED) is 0.631. The standard InChI is InChI=1S/C19H31FN4O/c1-5-21-18(24(4)14-16-6-8-17(20)9-7-16)22-15-19(23(2)3)10-12-25-13-11-19/h6-9H,5,10-15H2,1-4H3,(H,21,22). The van der Waals surface area contributed by atoms with Gasteiger partial charge >= 0.3 is 0 Å². The summed E-state index contributed by atoms with van der Waals surface area (Å²) in [5.41, 5.74) is 1.11. The molecule has 1 aromatic rings. The van der Waals surface area contributed by atoms with Gasteiger partial charge < -0.3 is 19.9 Å². The topological polar surface area (TPSA) is 40.1 Å². The Morgan fingerprint density at radius 1 is 1.20 bits per heavy atom. The first kappa shape index (κ1) is 19.7. The summed E-state index contributed by atoms with van der Waals surface area (Å²) in [4.78, 5) is 9.27. The fourth-order valence-corrected chi connectivity index (χ4v) is 3.13. The summed E-state index contributed by atoms with van der Waals surface area (Å²) in [5.74, 6) is 0.666. The summed E-state index contributed by atoms with van der Waals surface area (Å²) in [6, 6.07) is 6.62. The van der Waals surface area contributed by atoms with Crippen molar-refractivity contribution in [1.29, 1.82) is 0 Å². The van der Waals surface area contributed by atoms with E-state index in [0.717, 1.165) is 50.7 Å². The van der Waals surface area contributed by atoms with Gasteiger partial charge in [0.05, 0.1) is 6.54 Å². The third-order valence-electron chi connectivity index (χ3n) is 4.92. The van der Waals surface area contributed by atoms with Crippen LogP contribution in [0.25, 0.3) is 0 Å². The van der Waals surface area contributed by atoms with Gasteiger partial charge in [-0.15, -0.1) is 0 Å². The number of hydrogen-bond donors (Lipinski definition) is 1. The van der Waals surface area contributed by atoms with Gasteiger partial charge in [0.25, 0.3) is 0 Å². The highest BCUT2D eigenvalue weighted by Gasteiger charge is 2.34. The van der Waals surface area contributed by atoms with Crippen LogP contribution in [0.2, 0.25) is 0 Å². The highest BCUT2D eigenvalue weighted by molar-refractivity contribution is 5.79. The predicted molar refractivity (Wildman–Crippen MR) is 100 cm³/mol. The fourth-order valence-electron chi connectivity index (χ4n) is 3.13. The molecule has 1 aromatic carbocycles. The van der Waals surface area contributed by atoms with Crippen LogP contribution in [-0.2, 0) is 11.3 Å². The molecule has 1 saturated heterocycles. The van der Waals surface area contributed by atoms with E-state index in [1.54, 1.807) is 0 Å². The minimum absolute atomic E-state index is 0.0512. The molecule has 0 unspecified atom stereocenters. The van der Waals surface area contributed by atoms with Gasteiger partial charge in [-0.1, -0.05) is 12.1 Å². The smallest absolute Gasteiger partial charge is 0.194 e. The van der Waals surface area contributed by atoms with Crippen molar-refractivity contribution in [2.24, 2.45) is 4.99 Å². The second kappa shape index (κ2) is 9.15. The molecule has 25 heavy (non-hydrogen) atoms. The lowest BCUT2D eigenvalue weighted by atomic mass is 9.89. The summed E-state index contributed by atoms with van der Waals surface area (Å²) in [6.07, 6.45) is 1.98. The maximum atomic E-state index is 13.1. The van der Waals surface area contributed by atoms with Gasteiger partial charge in [0.1, 0.15) is 5.82 Å². The van der Waals surface area contributed by atoms with Crippen LogP contribution < -0.4 is 5.32 Å². The zero-order chi connectivity index (χ0) is 18.3. The fraction of sp³-hybridized carbons (Fsp3) is 0.632. The Morgan fingerprint density at radius 2 is 1.84 bits per heavy atom. The Labute approximate surface area is 150 Å². The summed E-state index contributed by atoms with van der Waals surface area (Å²) in [7, 11) is 6.25. The Balaban J connectivity index is 2.09. The third-order valence-corrected chi connectivity index (χ3v) is 4.92. The predicted octanol–water partition coefficient (Wildman–Crippen LogP) is 2.33. The SMILES string of the molecule is CCNC(=NCC1(N(C)C)CCOCC1)N(C)Cc1ccc(F)cc1. The maximum Gasteiger partial charge on any atom is 0.194 e. The highest BCUT2D eigenvalue weighted by Crippen LogP contribution is 2.26. The largest absolute Gasteiger partial charge is 0.381 e. The molecule has 6 heteroatoms. The number of hydrogen-bond acceptors (Lipinski definition) is 3. The van der Waals surface area contributed by atoms with Crippen molar-refractivity contribution in [2.45, 2.75) is 31.8 Å². The van der Waals surface area contributed by atoms with Crippen LogP contribution in [-0.4, -0.2) is 68.7 Å². The van der Waals surface area contributed by atoms with Crippen LogP contribution in [0.1, 0.15) is 25.3 Å². The molecule has 0 bridgehead atoms. The van der Waals surface area contributed by atoms with Crippen molar-refractivity contribution < 1.29 is 9.13 Å². The summed E-state index contributed by atoms with van der Waals surface area (Å²) >= 11 is 0. The normalized spacial score (nSPS) is 17.6. The van der Waals surface area contributed by atoms with Crippen LogP contribution in [0.4, 0.5) is 4.39 Å². The average Bonchev–Trinajstić information content (AvgIpc) is 2.61. The molecule has 0 amide bonds. The molecule has 0 aromatic heterocycles. The minimum atomic E-state index is -0.209. The van der Waals surface area contributed by atoms with Gasteiger partial charge in [-0.05, 0) is 51.6 Å². The third kappa shape index (κ3) is 5.41. The molecule has 0 atom stereocenters. The van der Waals surface area contributed by atoms with Gasteiger partial charge in [0, 0.05) is 38.9 Å². The molecule has 1 fully saturated rings. The Hall–Kier alpha value is -1.66. The Morgan fingerprint density at radius 3 is 2.40 bits per heavy atom. The van der Waals surface area contributed by atoms with Crippen molar-refractivity contribution in [2.75, 3.05) is 47.4 Å². The lowest BCUT2D eigenvalue weighted by molar-refractivity contribution is -0.00262. The van der Waals surface area contributed by atoms with E-state index in [9.17, 15) is 4.39 Å². The van der Waals surface area contributed by atoms with E-state index in [-0.39, 0.29) is 11.4 Å². The molecule has 0 aliphatic carbocycles. The van der Waals surface area contributed by atoms with Crippen molar-refractivity contribution >= 4 is 5.96 Å². The average molecular weight is 350 g/mol. The Bertz CT molecular complexity index is 553. The van der Waals surface area contributed by atoms with Crippen molar-refractivity contribution in [1.82, 2.24) is 15.1 Å². The zero-order valence-electron chi connectivity index (χ0n) is 15.9. The van der Waals surface area contributed by atoms with E-state index in [1.165, 1.54) is 12.1 Å². The van der Waals surface area contributed by atoms with Gasteiger partial charge in [0.15, 0.2) is 5.96 Å². The number of ether oxygens (including phenoxy) is 1. The van der Waals surface area contributed by atoms with Gasteiger partial charge in [-0.3, -0.25) is 4.99 Å². The molecular weight excluding hydrogens is 319 g/mol. The summed E-state index contributed by atoms with van der Waals surface area (Å²) in [5, 5.41) is 3.36. The molecule has 1 heterocycles. The Kier molecular flexibility index (Phi) is 7.20. The first-order valence-corrected chi connectivity index (χ1v) is 8.96. The monoisotopic (exact) mass is 350 g/mol. The van der Waals surface area contributed by atoms with Crippen LogP contribution in [0.5, 0.6) is 0 Å². The van der Waals surface area contributed by atoms with Crippen LogP contribution in [0.3, 0.4) is 0 Å². The van der Waals surface area contributed by atoms with E-state index in [0.29, 0.717) is 6.54 Å². The zero-order valence-corrected chi connectivity index (χ0v) is 15.9. The van der Waals surface area contributed by atoms with Crippen LogP contribution in [0, 0.1) is 5.82 Å². The summed E-state index contributed by atoms with van der Waals surface area (Å²) < 4.78 is 18.6. The number of nitrogens with zero attached hydrogens (tertiary/aromatic N) is 3. The lowest BCUT2D eigenvalue weighted by Crippen LogP contribution is -2.51. The number of likely N-dealkylation sites (N-methyl/N-ethyl adjacent to an activating group) is 1. The van der Waals surface area contributed by atoms with Gasteiger partial charge in [-0.2, -0.15) is 0 Å². The highest BCUT2D eigenvalue weighted by atomic mass is 19.1. The van der Waals surface area contributed by atoms with Crippen molar-refractivity contribution in [3.63, 3.8) is 0 Å². The number of rotatable bonds is 6. The van der Waals surface area contributed by atoms with Gasteiger partial charge in [-0.25, -0.2) is 4.39 Å². The molecule has 1 aliphatic rings. The lowest BCUT2D eigenvalue weighted by Gasteiger charge is -2.42. The molecule has 0 radical (unpaired) electrons. The first-order chi connectivity index (χ1) is 12.0.